The predicted molar refractivity (Wildman–Crippen MR) is 78.5 cm³/mol. The Morgan fingerprint density at radius 2 is 2.14 bits per heavy atom. The molecular weight excluding hydrogens is 271 g/mol. The maximum Gasteiger partial charge on any atom is 0.262 e. The highest BCUT2D eigenvalue weighted by molar-refractivity contribution is 5.75. The summed E-state index contributed by atoms with van der Waals surface area (Å²) in [5.74, 6) is -0.191. The first-order valence-electron chi connectivity index (χ1n) is 6.91. The minimum Gasteiger partial charge on any atom is -0.306 e. The summed E-state index contributed by atoms with van der Waals surface area (Å²) in [7, 11) is 0. The first-order chi connectivity index (χ1) is 10.2. The average Bonchev–Trinajstić information content (AvgIpc) is 2.89. The summed E-state index contributed by atoms with van der Waals surface area (Å²) in [6, 6.07) is 6.23. The van der Waals surface area contributed by atoms with Crippen molar-refractivity contribution in [2.24, 2.45) is 0 Å². The third-order valence-electron chi connectivity index (χ3n) is 3.36. The maximum atomic E-state index is 13.9. The number of aromatic nitrogens is 4. The van der Waals surface area contributed by atoms with Crippen molar-refractivity contribution in [3.63, 3.8) is 0 Å². The number of hydrogen-bond acceptors (Lipinski definition) is 3. The summed E-state index contributed by atoms with van der Waals surface area (Å²) in [6.07, 6.45) is 3.47. The Hall–Kier alpha value is -2.50. The number of rotatable bonds is 4. The van der Waals surface area contributed by atoms with Crippen LogP contribution in [0.3, 0.4) is 0 Å². The quantitative estimate of drug-likeness (QED) is 0.802. The fraction of sp³-hybridized carbons (Fsp3) is 0.267. The SMILES string of the molecule is CCCCn1ncc2c(=O)[nH]c(-c3ccccc3F)nc21. The molecule has 1 aromatic carbocycles. The van der Waals surface area contributed by atoms with Crippen molar-refractivity contribution in [1.82, 2.24) is 19.7 Å². The molecule has 108 valence electrons. The van der Waals surface area contributed by atoms with Gasteiger partial charge in [-0.05, 0) is 18.6 Å². The molecule has 0 fully saturated rings. The van der Waals surface area contributed by atoms with Crippen LogP contribution in [-0.4, -0.2) is 19.7 Å². The Labute approximate surface area is 120 Å². The van der Waals surface area contributed by atoms with Crippen LogP contribution < -0.4 is 5.56 Å². The van der Waals surface area contributed by atoms with Crippen LogP contribution in [0.4, 0.5) is 4.39 Å². The van der Waals surface area contributed by atoms with Crippen LogP contribution >= 0.6 is 0 Å². The van der Waals surface area contributed by atoms with Gasteiger partial charge in [-0.1, -0.05) is 25.5 Å². The summed E-state index contributed by atoms with van der Waals surface area (Å²) >= 11 is 0. The van der Waals surface area contributed by atoms with Crippen LogP contribution in [0.15, 0.2) is 35.3 Å². The molecule has 3 rings (SSSR count). The van der Waals surface area contributed by atoms with Gasteiger partial charge in [0.2, 0.25) is 0 Å². The molecule has 0 aliphatic carbocycles. The van der Waals surface area contributed by atoms with E-state index in [4.69, 9.17) is 0 Å². The topological polar surface area (TPSA) is 63.6 Å². The predicted octanol–water partition coefficient (Wildman–Crippen LogP) is 2.73. The molecule has 21 heavy (non-hydrogen) atoms. The Morgan fingerprint density at radius 3 is 2.90 bits per heavy atom. The normalized spacial score (nSPS) is 11.1. The van der Waals surface area contributed by atoms with Crippen LogP contribution in [0, 0.1) is 5.82 Å². The lowest BCUT2D eigenvalue weighted by Crippen LogP contribution is -2.11. The summed E-state index contributed by atoms with van der Waals surface area (Å²) in [4.78, 5) is 19.1. The molecule has 2 heterocycles. The molecule has 1 N–H and O–H groups in total. The molecule has 0 saturated heterocycles. The Morgan fingerprint density at radius 1 is 1.33 bits per heavy atom. The smallest absolute Gasteiger partial charge is 0.262 e. The van der Waals surface area contributed by atoms with Gasteiger partial charge in [-0.2, -0.15) is 5.10 Å². The monoisotopic (exact) mass is 286 g/mol. The van der Waals surface area contributed by atoms with Crippen molar-refractivity contribution in [3.8, 4) is 11.4 Å². The number of nitrogens with zero attached hydrogens (tertiary/aromatic N) is 3. The number of H-pyrrole nitrogens is 1. The highest BCUT2D eigenvalue weighted by Crippen LogP contribution is 2.19. The number of benzene rings is 1. The van der Waals surface area contributed by atoms with Crippen molar-refractivity contribution in [2.45, 2.75) is 26.3 Å². The van der Waals surface area contributed by atoms with Crippen molar-refractivity contribution >= 4 is 11.0 Å². The second-order valence-electron chi connectivity index (χ2n) is 4.85. The van der Waals surface area contributed by atoms with Crippen molar-refractivity contribution in [3.05, 3.63) is 46.6 Å². The van der Waals surface area contributed by atoms with Crippen molar-refractivity contribution in [2.75, 3.05) is 0 Å². The largest absolute Gasteiger partial charge is 0.306 e. The van der Waals surface area contributed by atoms with E-state index in [1.807, 2.05) is 0 Å². The van der Waals surface area contributed by atoms with E-state index in [0.29, 0.717) is 17.6 Å². The summed E-state index contributed by atoms with van der Waals surface area (Å²) < 4.78 is 15.5. The van der Waals surface area contributed by atoms with Gasteiger partial charge in [-0.3, -0.25) is 4.79 Å². The van der Waals surface area contributed by atoms with E-state index >= 15 is 0 Å². The first-order valence-corrected chi connectivity index (χ1v) is 6.91. The lowest BCUT2D eigenvalue weighted by molar-refractivity contribution is 0.584. The van der Waals surface area contributed by atoms with Crippen LogP contribution in [-0.2, 0) is 6.54 Å². The molecule has 0 aliphatic rings. The number of aromatic amines is 1. The number of nitrogens with one attached hydrogen (secondary N) is 1. The van der Waals surface area contributed by atoms with E-state index in [0.717, 1.165) is 12.8 Å². The van der Waals surface area contributed by atoms with Gasteiger partial charge in [-0.15, -0.1) is 0 Å². The second-order valence-corrected chi connectivity index (χ2v) is 4.85. The van der Waals surface area contributed by atoms with E-state index < -0.39 is 5.82 Å². The summed E-state index contributed by atoms with van der Waals surface area (Å²) in [6.45, 7) is 2.77. The lowest BCUT2D eigenvalue weighted by atomic mass is 10.2. The molecule has 0 atom stereocenters. The van der Waals surface area contributed by atoms with Gasteiger partial charge in [-0.25, -0.2) is 14.1 Å². The third kappa shape index (κ3) is 2.44. The van der Waals surface area contributed by atoms with Gasteiger partial charge < -0.3 is 4.98 Å². The molecule has 0 radical (unpaired) electrons. The lowest BCUT2D eigenvalue weighted by Gasteiger charge is -2.05. The summed E-state index contributed by atoms with van der Waals surface area (Å²) in [5.41, 5.74) is 0.464. The van der Waals surface area contributed by atoms with Gasteiger partial charge in [0.05, 0.1) is 11.8 Å². The number of hydrogen-bond donors (Lipinski definition) is 1. The molecule has 5 nitrogen and oxygen atoms in total. The second kappa shape index (κ2) is 5.47. The number of fused-ring (bicyclic) bond motifs is 1. The van der Waals surface area contributed by atoms with Crippen LogP contribution in [0.25, 0.3) is 22.4 Å². The van der Waals surface area contributed by atoms with E-state index in [9.17, 15) is 9.18 Å². The van der Waals surface area contributed by atoms with Crippen molar-refractivity contribution in [1.29, 1.82) is 0 Å². The molecule has 0 bridgehead atoms. The average molecular weight is 286 g/mol. The van der Waals surface area contributed by atoms with Crippen molar-refractivity contribution < 1.29 is 4.39 Å². The zero-order valence-corrected chi connectivity index (χ0v) is 11.6. The zero-order valence-electron chi connectivity index (χ0n) is 11.6. The zero-order chi connectivity index (χ0) is 14.8. The van der Waals surface area contributed by atoms with Gasteiger partial charge in [0.1, 0.15) is 17.0 Å². The Bertz CT molecular complexity index is 837. The van der Waals surface area contributed by atoms with Gasteiger partial charge in [0, 0.05) is 6.54 Å². The van der Waals surface area contributed by atoms with Crippen LogP contribution in [0.1, 0.15) is 19.8 Å². The van der Waals surface area contributed by atoms with Gasteiger partial charge in [0.15, 0.2) is 5.65 Å². The third-order valence-corrected chi connectivity index (χ3v) is 3.36. The Kier molecular flexibility index (Phi) is 3.51. The van der Waals surface area contributed by atoms with E-state index in [1.165, 1.54) is 12.3 Å². The minimum absolute atomic E-state index is 0.226. The minimum atomic E-state index is -0.417. The summed E-state index contributed by atoms with van der Waals surface area (Å²) in [5, 5.41) is 4.61. The first kappa shape index (κ1) is 13.5. The molecule has 0 amide bonds. The number of halogens is 1. The van der Waals surface area contributed by atoms with Crippen LogP contribution in [0.5, 0.6) is 0 Å². The molecular formula is C15H15FN4O. The standard InChI is InChI=1S/C15H15FN4O/c1-2-3-8-20-14-11(9-17-20)15(21)19-13(18-14)10-6-4-5-7-12(10)16/h4-7,9H,2-3,8H2,1H3,(H,18,19,21). The molecule has 0 aliphatic heterocycles. The highest BCUT2D eigenvalue weighted by atomic mass is 19.1. The highest BCUT2D eigenvalue weighted by Gasteiger charge is 2.13. The Balaban J connectivity index is 2.17. The van der Waals surface area contributed by atoms with Gasteiger partial charge in [0.25, 0.3) is 5.56 Å². The fourth-order valence-electron chi connectivity index (χ4n) is 2.22. The van der Waals surface area contributed by atoms with E-state index in [2.05, 4.69) is 22.0 Å². The molecule has 6 heteroatoms. The molecule has 2 aromatic heterocycles. The molecule has 3 aromatic rings. The molecule has 0 spiro atoms. The maximum absolute atomic E-state index is 13.9. The number of unbranched alkanes of at least 4 members (excludes halogenated alkanes) is 1. The van der Waals surface area contributed by atoms with E-state index in [1.54, 1.807) is 22.9 Å². The molecule has 0 unspecified atom stereocenters. The fourth-order valence-corrected chi connectivity index (χ4v) is 2.22. The van der Waals surface area contributed by atoms with Crippen LogP contribution in [0.2, 0.25) is 0 Å². The number of aryl methyl sites for hydroxylation is 1. The van der Waals surface area contributed by atoms with Gasteiger partial charge >= 0.3 is 0 Å². The van der Waals surface area contributed by atoms with E-state index in [-0.39, 0.29) is 16.9 Å². The molecule has 0 saturated carbocycles.